The number of carbonyl (C=O) groups is 1. The molecule has 0 aliphatic carbocycles. The molecule has 3 rings (SSSR count). The highest BCUT2D eigenvalue weighted by atomic mass is 32.2. The third-order valence-electron chi connectivity index (χ3n) is 3.99. The van der Waals surface area contributed by atoms with E-state index >= 15 is 0 Å². The minimum Gasteiger partial charge on any atom is -0.439 e. The fourth-order valence-electron chi connectivity index (χ4n) is 2.43. The lowest BCUT2D eigenvalue weighted by Crippen LogP contribution is -2.00. The second kappa shape index (κ2) is 8.82. The number of Topliss-reactive ketones (excluding diaryl/α,β-unsaturated/α-hetero) is 1. The Morgan fingerprint density at radius 2 is 1.74 bits per heavy atom. The smallest absolute Gasteiger partial charge is 0.223 e. The number of benzene rings is 2. The Hall–Kier alpha value is -2.66. The van der Waals surface area contributed by atoms with Gasteiger partial charge >= 0.3 is 0 Å². The number of carbonyl (C=O) groups excluding carboxylic acids is 1. The molecule has 3 aromatic rings. The summed E-state index contributed by atoms with van der Waals surface area (Å²) in [5.74, 6) is 2.26. The third kappa shape index (κ3) is 5.41. The molecule has 0 fully saturated rings. The molecule has 0 unspecified atom stereocenters. The van der Waals surface area contributed by atoms with Crippen molar-refractivity contribution in [2.24, 2.45) is 0 Å². The number of nitrogens with zero attached hydrogens (tertiary/aromatic N) is 2. The van der Waals surface area contributed by atoms with Crippen molar-refractivity contribution in [1.29, 1.82) is 0 Å². The highest BCUT2D eigenvalue weighted by Crippen LogP contribution is 2.27. The quantitative estimate of drug-likeness (QED) is 0.292. The van der Waals surface area contributed by atoms with E-state index in [9.17, 15) is 4.79 Å². The highest BCUT2D eigenvalue weighted by molar-refractivity contribution is 7.98. The topological polar surface area (TPSA) is 52.1 Å². The first-order valence-electron chi connectivity index (χ1n) is 8.86. The Balaban J connectivity index is 1.79. The van der Waals surface area contributed by atoms with Gasteiger partial charge in [0, 0.05) is 17.4 Å². The molecule has 0 saturated heterocycles. The predicted octanol–water partition coefficient (Wildman–Crippen LogP) is 5.89. The molecule has 1 heterocycles. The molecule has 0 spiro atoms. The van der Waals surface area contributed by atoms with Crippen molar-refractivity contribution in [3.63, 3.8) is 0 Å². The van der Waals surface area contributed by atoms with Crippen molar-refractivity contribution in [2.75, 3.05) is 0 Å². The van der Waals surface area contributed by atoms with Crippen molar-refractivity contribution in [3.05, 3.63) is 77.5 Å². The first-order valence-corrected chi connectivity index (χ1v) is 9.84. The second-order valence-electron chi connectivity index (χ2n) is 6.53. The zero-order valence-corrected chi connectivity index (χ0v) is 16.5. The maximum Gasteiger partial charge on any atom is 0.223 e. The normalized spacial score (nSPS) is 10.8. The third-order valence-corrected chi connectivity index (χ3v) is 4.91. The monoisotopic (exact) mass is 378 g/mol. The lowest BCUT2D eigenvalue weighted by atomic mass is 10.1. The van der Waals surface area contributed by atoms with Crippen LogP contribution in [0, 0.1) is 0 Å². The molecule has 0 aliphatic rings. The molecule has 0 amide bonds. The number of ketones is 1. The van der Waals surface area contributed by atoms with E-state index in [2.05, 4.69) is 35.9 Å². The van der Waals surface area contributed by atoms with Gasteiger partial charge in [0.25, 0.3) is 0 Å². The van der Waals surface area contributed by atoms with Crippen molar-refractivity contribution < 1.29 is 9.53 Å². The van der Waals surface area contributed by atoms with E-state index in [4.69, 9.17) is 4.74 Å². The van der Waals surface area contributed by atoms with E-state index in [1.165, 1.54) is 5.56 Å². The average Bonchev–Trinajstić information content (AvgIpc) is 2.67. The van der Waals surface area contributed by atoms with Crippen LogP contribution in [0.5, 0.6) is 11.6 Å². The number of aromatic nitrogens is 2. The van der Waals surface area contributed by atoms with E-state index in [0.29, 0.717) is 22.3 Å². The predicted molar refractivity (Wildman–Crippen MR) is 109 cm³/mol. The van der Waals surface area contributed by atoms with Crippen LogP contribution in [0.4, 0.5) is 0 Å². The molecular weight excluding hydrogens is 356 g/mol. The Morgan fingerprint density at radius 3 is 2.37 bits per heavy atom. The first kappa shape index (κ1) is 19.1. The van der Waals surface area contributed by atoms with Crippen LogP contribution in [0.1, 0.15) is 48.3 Å². The molecule has 2 aromatic carbocycles. The summed E-state index contributed by atoms with van der Waals surface area (Å²) in [5, 5.41) is 0.695. The van der Waals surface area contributed by atoms with E-state index in [-0.39, 0.29) is 11.7 Å². The van der Waals surface area contributed by atoms with Gasteiger partial charge in [-0.05, 0) is 42.7 Å². The number of hydrogen-bond donors (Lipinski definition) is 0. The fraction of sp³-hybridized carbons (Fsp3) is 0.227. The average molecular weight is 378 g/mol. The van der Waals surface area contributed by atoms with Crippen LogP contribution in [0.25, 0.3) is 0 Å². The van der Waals surface area contributed by atoms with Gasteiger partial charge in [-0.15, -0.1) is 0 Å². The van der Waals surface area contributed by atoms with Crippen LogP contribution >= 0.6 is 11.8 Å². The molecule has 0 radical (unpaired) electrons. The molecule has 0 N–H and O–H groups in total. The zero-order valence-electron chi connectivity index (χ0n) is 15.7. The van der Waals surface area contributed by atoms with Crippen LogP contribution in [0.3, 0.4) is 0 Å². The van der Waals surface area contributed by atoms with Gasteiger partial charge in [0.05, 0.1) is 5.69 Å². The summed E-state index contributed by atoms with van der Waals surface area (Å²) in [6.45, 7) is 5.74. The summed E-state index contributed by atoms with van der Waals surface area (Å²) in [4.78, 5) is 20.6. The van der Waals surface area contributed by atoms with Crippen molar-refractivity contribution >= 4 is 17.5 Å². The van der Waals surface area contributed by atoms with E-state index in [0.717, 1.165) is 11.4 Å². The minimum absolute atomic E-state index is 0.0327. The fourth-order valence-corrected chi connectivity index (χ4v) is 3.25. The van der Waals surface area contributed by atoms with Crippen molar-refractivity contribution in [3.8, 4) is 11.6 Å². The Bertz CT molecular complexity index is 909. The highest BCUT2D eigenvalue weighted by Gasteiger charge is 2.11. The molecule has 1 aromatic heterocycles. The van der Waals surface area contributed by atoms with Gasteiger partial charge < -0.3 is 4.74 Å². The van der Waals surface area contributed by atoms with Crippen molar-refractivity contribution in [1.82, 2.24) is 9.97 Å². The summed E-state index contributed by atoms with van der Waals surface area (Å²) in [7, 11) is 0. The molecule has 138 valence electrons. The number of hydrogen-bond acceptors (Lipinski definition) is 5. The number of thioether (sulfide) groups is 1. The zero-order chi connectivity index (χ0) is 19.2. The minimum atomic E-state index is 0.0327. The van der Waals surface area contributed by atoms with Gasteiger partial charge in [-0.3, -0.25) is 4.79 Å². The van der Waals surface area contributed by atoms with Crippen LogP contribution in [0.15, 0.2) is 65.8 Å². The van der Waals surface area contributed by atoms with Gasteiger partial charge in [-0.1, -0.05) is 55.9 Å². The van der Waals surface area contributed by atoms with E-state index in [1.54, 1.807) is 43.0 Å². The summed E-state index contributed by atoms with van der Waals surface area (Å²) >= 11 is 1.59. The Morgan fingerprint density at radius 1 is 1.04 bits per heavy atom. The molecular formula is C22H22N2O2S. The Kier molecular flexibility index (Phi) is 6.24. The number of rotatable bonds is 7. The molecule has 27 heavy (non-hydrogen) atoms. The summed E-state index contributed by atoms with van der Waals surface area (Å²) in [5.41, 5.74) is 2.83. The lowest BCUT2D eigenvalue weighted by molar-refractivity contribution is 0.101. The molecule has 0 aliphatic heterocycles. The SMILES string of the molecule is CC(=O)c1ccc(Oc2cc(C(C)C)nc(SCc3ccccc3)n2)cc1. The van der Waals surface area contributed by atoms with Crippen LogP contribution in [0.2, 0.25) is 0 Å². The van der Waals surface area contributed by atoms with Gasteiger partial charge in [0.15, 0.2) is 10.9 Å². The van der Waals surface area contributed by atoms with Gasteiger partial charge in [0.2, 0.25) is 5.88 Å². The molecule has 0 bridgehead atoms. The maximum atomic E-state index is 11.4. The number of ether oxygens (including phenoxy) is 1. The van der Waals surface area contributed by atoms with Crippen LogP contribution in [-0.4, -0.2) is 15.8 Å². The van der Waals surface area contributed by atoms with E-state index < -0.39 is 0 Å². The summed E-state index contributed by atoms with van der Waals surface area (Å²) < 4.78 is 5.92. The van der Waals surface area contributed by atoms with Crippen LogP contribution < -0.4 is 4.74 Å². The molecule has 0 atom stereocenters. The van der Waals surface area contributed by atoms with Crippen LogP contribution in [-0.2, 0) is 5.75 Å². The first-order chi connectivity index (χ1) is 13.0. The van der Waals surface area contributed by atoms with E-state index in [1.807, 2.05) is 24.3 Å². The van der Waals surface area contributed by atoms with Crippen molar-refractivity contribution in [2.45, 2.75) is 37.6 Å². The van der Waals surface area contributed by atoms with Gasteiger partial charge in [-0.25, -0.2) is 4.98 Å². The molecule has 5 heteroatoms. The molecule has 0 saturated carbocycles. The summed E-state index contributed by atoms with van der Waals surface area (Å²) in [6.07, 6.45) is 0. The lowest BCUT2D eigenvalue weighted by Gasteiger charge is -2.11. The second-order valence-corrected chi connectivity index (χ2v) is 7.47. The largest absolute Gasteiger partial charge is 0.439 e. The Labute approximate surface area is 164 Å². The maximum absolute atomic E-state index is 11.4. The van der Waals surface area contributed by atoms with Gasteiger partial charge in [-0.2, -0.15) is 4.98 Å². The van der Waals surface area contributed by atoms with Gasteiger partial charge in [0.1, 0.15) is 5.75 Å². The standard InChI is InChI=1S/C22H22N2O2S/c1-15(2)20-13-21(26-19-11-9-18(10-12-19)16(3)25)24-22(23-20)27-14-17-7-5-4-6-8-17/h4-13,15H,14H2,1-3H3. The molecule has 4 nitrogen and oxygen atoms in total. The summed E-state index contributed by atoms with van der Waals surface area (Å²) in [6, 6.07) is 19.2.